The maximum atomic E-state index is 12.5. The molecule has 7 nitrogen and oxygen atoms in total. The maximum absolute atomic E-state index is 12.5. The number of hydrogen-bond acceptors (Lipinski definition) is 5. The number of fused-ring (bicyclic) bond motifs is 1. The lowest BCUT2D eigenvalue weighted by atomic mass is 10.1. The average molecular weight is 409 g/mol. The van der Waals surface area contributed by atoms with Gasteiger partial charge in [0.25, 0.3) is 0 Å². The van der Waals surface area contributed by atoms with Crippen molar-refractivity contribution in [3.8, 4) is 0 Å². The van der Waals surface area contributed by atoms with E-state index in [0.717, 1.165) is 10.0 Å². The minimum atomic E-state index is -0.893. The number of β-lactam (4-membered cyclic amide) rings is 1. The van der Waals surface area contributed by atoms with Crippen molar-refractivity contribution in [3.05, 3.63) is 46.1 Å². The predicted octanol–water partition coefficient (Wildman–Crippen LogP) is 1.47. The van der Waals surface area contributed by atoms with Crippen LogP contribution in [0.3, 0.4) is 0 Å². The average Bonchev–Trinajstić information content (AvgIpc) is 2.86. The molecule has 2 aliphatic heterocycles. The first-order valence-corrected chi connectivity index (χ1v) is 8.58. The lowest BCUT2D eigenvalue weighted by Gasteiger charge is -2.33. The molecule has 0 radical (unpaired) electrons. The van der Waals surface area contributed by atoms with E-state index in [-0.39, 0.29) is 31.4 Å². The largest absolute Gasteiger partial charge is 0.472 e. The molecule has 8 heteroatoms. The monoisotopic (exact) mass is 408 g/mol. The second-order valence-electron chi connectivity index (χ2n) is 5.76. The summed E-state index contributed by atoms with van der Waals surface area (Å²) in [5.74, 6) is -0.556. The van der Waals surface area contributed by atoms with Crippen LogP contribution in [-0.2, 0) is 30.5 Å². The van der Waals surface area contributed by atoms with Gasteiger partial charge in [-0.05, 0) is 23.8 Å². The summed E-state index contributed by atoms with van der Waals surface area (Å²) in [6, 6.07) is 6.50. The van der Waals surface area contributed by atoms with Crippen molar-refractivity contribution < 1.29 is 23.9 Å². The SMILES string of the molecule is CC(=O)NC/C=C1\O[C@H]2CC(=O)N2[C@@H]1C(=O)OCc1ccc(Br)cc1. The highest BCUT2D eigenvalue weighted by Crippen LogP contribution is 2.36. The van der Waals surface area contributed by atoms with Gasteiger partial charge in [-0.3, -0.25) is 14.5 Å². The summed E-state index contributed by atoms with van der Waals surface area (Å²) in [4.78, 5) is 36.6. The van der Waals surface area contributed by atoms with Crippen LogP contribution >= 0.6 is 15.9 Å². The van der Waals surface area contributed by atoms with E-state index in [1.807, 2.05) is 24.3 Å². The van der Waals surface area contributed by atoms with Crippen LogP contribution < -0.4 is 5.32 Å². The van der Waals surface area contributed by atoms with Crippen molar-refractivity contribution in [3.63, 3.8) is 0 Å². The first-order valence-electron chi connectivity index (χ1n) is 7.79. The Labute approximate surface area is 153 Å². The Bertz CT molecular complexity index is 731. The fraction of sp³-hybridized carbons (Fsp3) is 0.353. The third kappa shape index (κ3) is 3.84. The van der Waals surface area contributed by atoms with Gasteiger partial charge in [0, 0.05) is 17.9 Å². The molecule has 2 aliphatic rings. The van der Waals surface area contributed by atoms with Crippen molar-refractivity contribution in [2.24, 2.45) is 0 Å². The first kappa shape index (κ1) is 17.5. The number of nitrogens with one attached hydrogen (secondary N) is 1. The quantitative estimate of drug-likeness (QED) is 0.588. The minimum Gasteiger partial charge on any atom is -0.472 e. The molecule has 1 aromatic rings. The molecule has 0 aromatic heterocycles. The molecule has 0 aliphatic carbocycles. The van der Waals surface area contributed by atoms with Gasteiger partial charge in [0.05, 0.1) is 6.42 Å². The van der Waals surface area contributed by atoms with Gasteiger partial charge < -0.3 is 14.8 Å². The number of carbonyl (C=O) groups is 3. The smallest absolute Gasteiger partial charge is 0.337 e. The zero-order valence-corrected chi connectivity index (χ0v) is 15.1. The van der Waals surface area contributed by atoms with Gasteiger partial charge in [0.15, 0.2) is 12.3 Å². The Morgan fingerprint density at radius 3 is 2.76 bits per heavy atom. The van der Waals surface area contributed by atoms with Crippen molar-refractivity contribution in [2.45, 2.75) is 32.2 Å². The first-order chi connectivity index (χ1) is 12.0. The zero-order valence-electron chi connectivity index (χ0n) is 13.5. The zero-order chi connectivity index (χ0) is 18.0. The van der Waals surface area contributed by atoms with Crippen LogP contribution in [0.15, 0.2) is 40.6 Å². The molecule has 1 N–H and O–H groups in total. The standard InChI is InChI=1S/C17H17BrN2O5/c1-10(21)19-7-6-13-16(20-14(22)8-15(20)25-13)17(23)24-9-11-2-4-12(18)5-3-11/h2-6,15-16H,7-9H2,1H3,(H,19,21)/b13-6-/t15-,16-/m0/s1. The Kier molecular flexibility index (Phi) is 5.08. The van der Waals surface area contributed by atoms with Crippen molar-refractivity contribution in [2.75, 3.05) is 6.54 Å². The molecule has 1 aromatic carbocycles. The van der Waals surface area contributed by atoms with Crippen LogP contribution in [0.4, 0.5) is 0 Å². The maximum Gasteiger partial charge on any atom is 0.337 e. The molecule has 3 rings (SSSR count). The fourth-order valence-corrected chi connectivity index (χ4v) is 2.93. The number of rotatable bonds is 5. The molecule has 0 saturated carbocycles. The van der Waals surface area contributed by atoms with E-state index in [1.165, 1.54) is 11.8 Å². The molecule has 0 unspecified atom stereocenters. The molecular weight excluding hydrogens is 392 g/mol. The summed E-state index contributed by atoms with van der Waals surface area (Å²) < 4.78 is 11.9. The predicted molar refractivity (Wildman–Crippen MR) is 90.8 cm³/mol. The van der Waals surface area contributed by atoms with Crippen molar-refractivity contribution in [1.29, 1.82) is 0 Å². The van der Waals surface area contributed by atoms with Gasteiger partial charge in [-0.25, -0.2) is 4.79 Å². The number of benzene rings is 1. The van der Waals surface area contributed by atoms with Crippen LogP contribution in [-0.4, -0.2) is 41.5 Å². The summed E-state index contributed by atoms with van der Waals surface area (Å²) in [6.45, 7) is 1.72. The number of amides is 2. The number of hydrogen-bond donors (Lipinski definition) is 1. The molecule has 2 amide bonds. The van der Waals surface area contributed by atoms with Crippen LogP contribution in [0.2, 0.25) is 0 Å². The molecule has 25 heavy (non-hydrogen) atoms. The van der Waals surface area contributed by atoms with Crippen LogP contribution in [0.5, 0.6) is 0 Å². The van der Waals surface area contributed by atoms with Crippen LogP contribution in [0.25, 0.3) is 0 Å². The van der Waals surface area contributed by atoms with Crippen molar-refractivity contribution in [1.82, 2.24) is 10.2 Å². The highest BCUT2D eigenvalue weighted by atomic mass is 79.9. The topological polar surface area (TPSA) is 84.9 Å². The normalized spacial score (nSPS) is 22.9. The van der Waals surface area contributed by atoms with Crippen molar-refractivity contribution >= 4 is 33.7 Å². The van der Waals surface area contributed by atoms with E-state index >= 15 is 0 Å². The van der Waals surface area contributed by atoms with E-state index in [9.17, 15) is 14.4 Å². The highest BCUT2D eigenvalue weighted by molar-refractivity contribution is 9.10. The summed E-state index contributed by atoms with van der Waals surface area (Å²) >= 11 is 3.34. The molecule has 0 bridgehead atoms. The number of esters is 1. The second kappa shape index (κ2) is 7.26. The Morgan fingerprint density at radius 2 is 2.12 bits per heavy atom. The number of halogens is 1. The Balaban J connectivity index is 1.67. The molecule has 0 spiro atoms. The van der Waals surface area contributed by atoms with Crippen LogP contribution in [0.1, 0.15) is 18.9 Å². The molecular formula is C17H17BrN2O5. The van der Waals surface area contributed by atoms with E-state index in [2.05, 4.69) is 21.2 Å². The minimum absolute atomic E-state index is 0.105. The summed E-state index contributed by atoms with van der Waals surface area (Å²) in [5.41, 5.74) is 0.839. The van der Waals surface area contributed by atoms with Gasteiger partial charge in [-0.15, -0.1) is 0 Å². The fourth-order valence-electron chi connectivity index (χ4n) is 2.67. The number of nitrogens with zero attached hydrogens (tertiary/aromatic N) is 1. The van der Waals surface area contributed by atoms with Crippen LogP contribution in [0, 0.1) is 0 Å². The molecule has 132 valence electrons. The molecule has 2 heterocycles. The summed E-state index contributed by atoms with van der Waals surface area (Å²) in [7, 11) is 0. The Morgan fingerprint density at radius 1 is 1.40 bits per heavy atom. The van der Waals surface area contributed by atoms with Gasteiger partial charge in [0.2, 0.25) is 11.8 Å². The molecule has 2 fully saturated rings. The summed E-state index contributed by atoms with van der Waals surface area (Å²) in [6.07, 6.45) is 1.41. The van der Waals surface area contributed by atoms with Gasteiger partial charge in [0.1, 0.15) is 12.4 Å². The molecule has 2 atom stereocenters. The molecule has 2 saturated heterocycles. The lowest BCUT2D eigenvalue weighted by molar-refractivity contribution is -0.166. The van der Waals surface area contributed by atoms with Gasteiger partial charge >= 0.3 is 5.97 Å². The van der Waals surface area contributed by atoms with E-state index in [1.54, 1.807) is 6.08 Å². The lowest BCUT2D eigenvalue weighted by Crippen LogP contribution is -2.55. The van der Waals surface area contributed by atoms with E-state index in [0.29, 0.717) is 5.76 Å². The van der Waals surface area contributed by atoms with Gasteiger partial charge in [-0.2, -0.15) is 0 Å². The van der Waals surface area contributed by atoms with E-state index < -0.39 is 18.2 Å². The third-order valence-corrected chi connectivity index (χ3v) is 4.47. The number of ether oxygens (including phenoxy) is 2. The number of carbonyl (C=O) groups excluding carboxylic acids is 3. The highest BCUT2D eigenvalue weighted by Gasteiger charge is 2.54. The Hall–Kier alpha value is -2.35. The summed E-state index contributed by atoms with van der Waals surface area (Å²) in [5, 5.41) is 2.60. The van der Waals surface area contributed by atoms with E-state index in [4.69, 9.17) is 9.47 Å². The third-order valence-electron chi connectivity index (χ3n) is 3.94. The second-order valence-corrected chi connectivity index (χ2v) is 6.67. The van der Waals surface area contributed by atoms with Gasteiger partial charge in [-0.1, -0.05) is 28.1 Å².